The highest BCUT2D eigenvalue weighted by molar-refractivity contribution is 9.09. The Balaban J connectivity index is 2.29. The normalized spacial score (nSPS) is 13.1. The fourth-order valence-corrected chi connectivity index (χ4v) is 4.86. The minimum atomic E-state index is -3.43. The minimum Gasteiger partial charge on any atom is -0.224 e. The van der Waals surface area contributed by atoms with Gasteiger partial charge >= 0.3 is 0 Å². The molecule has 112 valence electrons. The van der Waals surface area contributed by atoms with Crippen molar-refractivity contribution in [1.82, 2.24) is 0 Å². The maximum absolute atomic E-state index is 12.5. The molecule has 0 amide bonds. The van der Waals surface area contributed by atoms with Crippen molar-refractivity contribution in [3.63, 3.8) is 0 Å². The summed E-state index contributed by atoms with van der Waals surface area (Å²) in [5.41, 5.74) is 0.984. The van der Waals surface area contributed by atoms with Crippen molar-refractivity contribution in [2.45, 2.75) is 10.8 Å². The smallest absolute Gasteiger partial charge is 0.179 e. The summed E-state index contributed by atoms with van der Waals surface area (Å²) in [5, 5.41) is 1.15. The molecule has 0 heterocycles. The molecule has 2 nitrogen and oxygen atoms in total. The summed E-state index contributed by atoms with van der Waals surface area (Å²) in [6.45, 7) is 0. The van der Waals surface area contributed by atoms with Gasteiger partial charge in [0, 0.05) is 11.2 Å². The van der Waals surface area contributed by atoms with E-state index in [0.717, 1.165) is 5.56 Å². The Morgan fingerprint density at radius 1 is 1.00 bits per heavy atom. The van der Waals surface area contributed by atoms with Crippen molar-refractivity contribution in [3.8, 4) is 0 Å². The lowest BCUT2D eigenvalue weighted by Gasteiger charge is -2.15. The number of hydrogen-bond donors (Lipinski definition) is 0. The summed E-state index contributed by atoms with van der Waals surface area (Å²) in [6.07, 6.45) is 0. The first-order chi connectivity index (χ1) is 9.94. The highest BCUT2D eigenvalue weighted by Crippen LogP contribution is 2.28. The zero-order chi connectivity index (χ0) is 15.5. The van der Waals surface area contributed by atoms with E-state index in [1.54, 1.807) is 0 Å². The molecule has 0 radical (unpaired) electrons. The van der Waals surface area contributed by atoms with Crippen LogP contribution in [0.5, 0.6) is 0 Å². The fraction of sp³-hybridized carbons (Fsp3) is 0.200. The maximum atomic E-state index is 12.5. The second-order valence-corrected chi connectivity index (χ2v) is 8.12. The first-order valence-electron chi connectivity index (χ1n) is 6.23. The van der Waals surface area contributed by atoms with Gasteiger partial charge in [-0.05, 0) is 23.8 Å². The van der Waals surface area contributed by atoms with Crippen LogP contribution >= 0.6 is 39.1 Å². The summed E-state index contributed by atoms with van der Waals surface area (Å²) in [4.78, 5) is 0.193. The van der Waals surface area contributed by atoms with E-state index >= 15 is 0 Å². The SMILES string of the molecule is O=S(=O)(CC(CBr)c1ccccc1)c1ccc(Cl)c(Cl)c1. The van der Waals surface area contributed by atoms with Gasteiger partial charge in [0.1, 0.15) is 0 Å². The van der Waals surface area contributed by atoms with Crippen molar-refractivity contribution in [1.29, 1.82) is 0 Å². The molecule has 0 N–H and O–H groups in total. The Bertz CT molecular complexity index is 718. The van der Waals surface area contributed by atoms with Gasteiger partial charge in [0.2, 0.25) is 0 Å². The Labute approximate surface area is 143 Å². The largest absolute Gasteiger partial charge is 0.224 e. The van der Waals surface area contributed by atoms with Crippen LogP contribution in [-0.2, 0) is 9.84 Å². The molecule has 6 heteroatoms. The number of hydrogen-bond acceptors (Lipinski definition) is 2. The molecule has 1 unspecified atom stereocenters. The molecular weight excluding hydrogens is 395 g/mol. The molecule has 2 aromatic carbocycles. The standard InChI is InChI=1S/C15H13BrCl2O2S/c16-9-12(11-4-2-1-3-5-11)10-21(19,20)13-6-7-14(17)15(18)8-13/h1-8,12H,9-10H2. The van der Waals surface area contributed by atoms with Gasteiger partial charge in [-0.15, -0.1) is 0 Å². The molecule has 0 aliphatic rings. The zero-order valence-corrected chi connectivity index (χ0v) is 14.9. The molecule has 2 rings (SSSR count). The third-order valence-electron chi connectivity index (χ3n) is 3.13. The van der Waals surface area contributed by atoms with Crippen LogP contribution in [0.15, 0.2) is 53.4 Å². The van der Waals surface area contributed by atoms with Crippen LogP contribution in [0.4, 0.5) is 0 Å². The predicted molar refractivity (Wildman–Crippen MR) is 91.5 cm³/mol. The number of rotatable bonds is 5. The highest BCUT2D eigenvalue weighted by Gasteiger charge is 2.22. The van der Waals surface area contributed by atoms with Gasteiger partial charge in [0.15, 0.2) is 9.84 Å². The van der Waals surface area contributed by atoms with E-state index in [9.17, 15) is 8.42 Å². The first kappa shape index (κ1) is 16.8. The third-order valence-corrected chi connectivity index (χ3v) is 6.46. The Hall–Kier alpha value is -0.550. The Morgan fingerprint density at radius 2 is 1.67 bits per heavy atom. The van der Waals surface area contributed by atoms with Gasteiger partial charge in [-0.3, -0.25) is 0 Å². The van der Waals surface area contributed by atoms with E-state index in [1.807, 2.05) is 30.3 Å². The van der Waals surface area contributed by atoms with E-state index in [2.05, 4.69) is 15.9 Å². The quantitative estimate of drug-likeness (QED) is 0.657. The van der Waals surface area contributed by atoms with Crippen LogP contribution in [0.2, 0.25) is 10.0 Å². The van der Waals surface area contributed by atoms with Crippen LogP contribution in [0.3, 0.4) is 0 Å². The van der Waals surface area contributed by atoms with E-state index in [4.69, 9.17) is 23.2 Å². The number of alkyl halides is 1. The van der Waals surface area contributed by atoms with Crippen LogP contribution in [0, 0.1) is 0 Å². The van der Waals surface area contributed by atoms with Crippen LogP contribution in [0.25, 0.3) is 0 Å². The Morgan fingerprint density at radius 3 is 2.24 bits per heavy atom. The van der Waals surface area contributed by atoms with Crippen molar-refractivity contribution >= 4 is 49.0 Å². The summed E-state index contributed by atoms with van der Waals surface area (Å²) in [6, 6.07) is 13.9. The van der Waals surface area contributed by atoms with Gasteiger partial charge in [-0.2, -0.15) is 0 Å². The second-order valence-electron chi connectivity index (χ2n) is 4.62. The van der Waals surface area contributed by atoms with Crippen LogP contribution in [-0.4, -0.2) is 19.5 Å². The minimum absolute atomic E-state index is 0.0141. The molecule has 21 heavy (non-hydrogen) atoms. The molecule has 2 aromatic rings. The van der Waals surface area contributed by atoms with Crippen LogP contribution < -0.4 is 0 Å². The molecule has 0 bridgehead atoms. The van der Waals surface area contributed by atoms with Gasteiger partial charge in [0.05, 0.1) is 20.7 Å². The van der Waals surface area contributed by atoms with Crippen molar-refractivity contribution in [3.05, 3.63) is 64.1 Å². The van der Waals surface area contributed by atoms with E-state index < -0.39 is 9.84 Å². The second kappa shape index (κ2) is 7.14. The average molecular weight is 408 g/mol. The van der Waals surface area contributed by atoms with Crippen molar-refractivity contribution < 1.29 is 8.42 Å². The summed E-state index contributed by atoms with van der Waals surface area (Å²) in [7, 11) is -3.43. The molecule has 0 aliphatic heterocycles. The molecule has 1 atom stereocenters. The highest BCUT2D eigenvalue weighted by atomic mass is 79.9. The lowest BCUT2D eigenvalue weighted by molar-refractivity contribution is 0.591. The summed E-state index contributed by atoms with van der Waals surface area (Å²) in [5.74, 6) is -0.106. The van der Waals surface area contributed by atoms with Gasteiger partial charge in [0.25, 0.3) is 0 Å². The van der Waals surface area contributed by atoms with E-state index in [0.29, 0.717) is 10.4 Å². The summed E-state index contributed by atoms with van der Waals surface area (Å²) >= 11 is 15.1. The van der Waals surface area contributed by atoms with Crippen molar-refractivity contribution in [2.75, 3.05) is 11.1 Å². The van der Waals surface area contributed by atoms with Gasteiger partial charge < -0.3 is 0 Å². The number of halogens is 3. The predicted octanol–water partition coefficient (Wildman–Crippen LogP) is 4.95. The average Bonchev–Trinajstić information content (AvgIpc) is 2.48. The fourth-order valence-electron chi connectivity index (χ4n) is 1.99. The van der Waals surface area contributed by atoms with Gasteiger partial charge in [-0.1, -0.05) is 69.5 Å². The first-order valence-corrected chi connectivity index (χ1v) is 9.75. The summed E-state index contributed by atoms with van der Waals surface area (Å²) < 4.78 is 25.0. The molecule has 0 saturated heterocycles. The molecule has 0 saturated carbocycles. The van der Waals surface area contributed by atoms with Crippen molar-refractivity contribution in [2.24, 2.45) is 0 Å². The molecule has 0 fully saturated rings. The zero-order valence-electron chi connectivity index (χ0n) is 11.0. The lowest BCUT2D eigenvalue weighted by Crippen LogP contribution is -2.16. The van der Waals surface area contributed by atoms with E-state index in [-0.39, 0.29) is 21.6 Å². The molecule has 0 aromatic heterocycles. The van der Waals surface area contributed by atoms with Crippen LogP contribution in [0.1, 0.15) is 11.5 Å². The molecular formula is C15H13BrCl2O2S. The third kappa shape index (κ3) is 4.22. The number of benzene rings is 2. The topological polar surface area (TPSA) is 34.1 Å². The monoisotopic (exact) mass is 406 g/mol. The lowest BCUT2D eigenvalue weighted by atomic mass is 10.0. The van der Waals surface area contributed by atoms with Gasteiger partial charge in [-0.25, -0.2) is 8.42 Å². The maximum Gasteiger partial charge on any atom is 0.179 e. The molecule has 0 aliphatic carbocycles. The molecule has 0 spiro atoms. The number of sulfone groups is 1. The Kier molecular flexibility index (Phi) is 5.72. The van der Waals surface area contributed by atoms with E-state index in [1.165, 1.54) is 18.2 Å².